The summed E-state index contributed by atoms with van der Waals surface area (Å²) in [7, 11) is 0. The molecule has 1 aromatic carbocycles. The van der Waals surface area contributed by atoms with E-state index >= 15 is 0 Å². The molecule has 16 heavy (non-hydrogen) atoms. The monoisotopic (exact) mass is 242 g/mol. The van der Waals surface area contributed by atoms with Crippen LogP contribution in [0, 0.1) is 11.6 Å². The lowest BCUT2D eigenvalue weighted by Crippen LogP contribution is -2.16. The van der Waals surface area contributed by atoms with Crippen LogP contribution in [0.1, 0.15) is 5.69 Å². The second-order valence-corrected chi connectivity index (χ2v) is 3.89. The zero-order chi connectivity index (χ0) is 11.5. The minimum Gasteiger partial charge on any atom is -0.323 e. The number of carbonyl (C=O) groups is 1. The van der Waals surface area contributed by atoms with Gasteiger partial charge in [0.1, 0.15) is 11.6 Å². The van der Waals surface area contributed by atoms with Gasteiger partial charge in [-0.1, -0.05) is 11.5 Å². The predicted molar refractivity (Wildman–Crippen MR) is 57.4 cm³/mol. The van der Waals surface area contributed by atoms with Crippen molar-refractivity contribution in [1.29, 1.82) is 0 Å². The molecule has 6 heteroatoms. The summed E-state index contributed by atoms with van der Waals surface area (Å²) < 4.78 is 28.6. The molecule has 84 valence electrons. The number of carbonyl (C=O) groups excluding carboxylic acids is 1. The van der Waals surface area contributed by atoms with Gasteiger partial charge >= 0.3 is 0 Å². The molecule has 0 saturated heterocycles. The number of H-pyrrole nitrogens is 1. The molecule has 2 N–H and O–H groups in total. The zero-order valence-electron chi connectivity index (χ0n) is 8.09. The van der Waals surface area contributed by atoms with E-state index in [-0.39, 0.29) is 18.0 Å². The molecule has 2 rings (SSSR count). The van der Waals surface area contributed by atoms with Gasteiger partial charge in [-0.25, -0.2) is 8.78 Å². The summed E-state index contributed by atoms with van der Waals surface area (Å²) >= 11 is 1.38. The zero-order valence-corrected chi connectivity index (χ0v) is 8.91. The molecule has 0 unspecified atom stereocenters. The van der Waals surface area contributed by atoms with E-state index in [0.29, 0.717) is 0 Å². The predicted octanol–water partition coefficient (Wildman–Crippen LogP) is 2.54. The Labute approximate surface area is 94.3 Å². The van der Waals surface area contributed by atoms with Crippen molar-refractivity contribution in [3.05, 3.63) is 40.9 Å². The van der Waals surface area contributed by atoms with Crippen LogP contribution in [0.15, 0.2) is 23.6 Å². The molecule has 3 nitrogen and oxygen atoms in total. The maximum absolute atomic E-state index is 13.2. The highest BCUT2D eigenvalue weighted by Gasteiger charge is 2.09. The fourth-order valence-corrected chi connectivity index (χ4v) is 1.62. The van der Waals surface area contributed by atoms with Crippen LogP contribution < -0.4 is 5.32 Å². The highest BCUT2D eigenvalue weighted by Crippen LogP contribution is 2.15. The van der Waals surface area contributed by atoms with Gasteiger partial charge in [-0.3, -0.25) is 4.79 Å². The van der Waals surface area contributed by atoms with Crippen molar-refractivity contribution in [3.63, 3.8) is 0 Å². The smallest absolute Gasteiger partial charge is 0.230 e. The van der Waals surface area contributed by atoms with Gasteiger partial charge in [0.15, 0.2) is 0 Å². The maximum atomic E-state index is 13.2. The number of anilines is 1. The molecule has 0 aliphatic carbocycles. The first-order valence-corrected chi connectivity index (χ1v) is 5.39. The lowest BCUT2D eigenvalue weighted by molar-refractivity contribution is -0.115. The van der Waals surface area contributed by atoms with Crippen LogP contribution in [0.3, 0.4) is 0 Å². The lowest BCUT2D eigenvalue weighted by Gasteiger charge is -2.07. The first-order chi connectivity index (χ1) is 7.65. The van der Waals surface area contributed by atoms with Gasteiger partial charge in [-0.15, -0.1) is 0 Å². The van der Waals surface area contributed by atoms with Crippen molar-refractivity contribution >= 4 is 23.1 Å². The van der Waals surface area contributed by atoms with Gasteiger partial charge < -0.3 is 9.69 Å². The van der Waals surface area contributed by atoms with Crippen LogP contribution in [0.5, 0.6) is 0 Å². The fraction of sp³-hybridized carbons (Fsp3) is 0.100. The second-order valence-electron chi connectivity index (χ2n) is 3.21. The number of hydrogen-bond acceptors (Lipinski definition) is 2. The van der Waals surface area contributed by atoms with Crippen LogP contribution in [0.2, 0.25) is 0 Å². The highest BCUT2D eigenvalue weighted by molar-refractivity contribution is 7.04. The van der Waals surface area contributed by atoms with E-state index in [2.05, 4.69) is 9.69 Å². The van der Waals surface area contributed by atoms with E-state index in [4.69, 9.17) is 0 Å². The first-order valence-electron chi connectivity index (χ1n) is 4.51. The fourth-order valence-electron chi connectivity index (χ4n) is 1.18. The van der Waals surface area contributed by atoms with E-state index in [9.17, 15) is 13.6 Å². The standard InChI is InChI=1S/C10H8F2N2OS/c11-6-1-2-9(8(12)3-6)13-10(15)4-7-5-16-14-7/h1-3,5,14H,4H2,(H,13,15). The van der Waals surface area contributed by atoms with Crippen LogP contribution in [-0.2, 0) is 11.2 Å². The molecule has 0 fully saturated rings. The van der Waals surface area contributed by atoms with E-state index in [1.165, 1.54) is 17.6 Å². The third-order valence-corrected chi connectivity index (χ3v) is 2.73. The van der Waals surface area contributed by atoms with Crippen molar-refractivity contribution in [3.8, 4) is 0 Å². The van der Waals surface area contributed by atoms with Gasteiger partial charge in [0, 0.05) is 17.1 Å². The molecule has 0 aliphatic rings. The van der Waals surface area contributed by atoms with Crippen molar-refractivity contribution < 1.29 is 13.6 Å². The molecule has 2 aromatic rings. The van der Waals surface area contributed by atoms with Crippen LogP contribution in [0.4, 0.5) is 14.5 Å². The number of amides is 1. The summed E-state index contributed by atoms with van der Waals surface area (Å²) in [6.07, 6.45) is 0.157. The first kappa shape index (κ1) is 10.8. The normalized spacial score (nSPS) is 10.4. The Morgan fingerprint density at radius 3 is 2.75 bits per heavy atom. The second kappa shape index (κ2) is 4.44. The van der Waals surface area contributed by atoms with E-state index in [1.807, 2.05) is 0 Å². The summed E-state index contributed by atoms with van der Waals surface area (Å²) in [5.74, 6) is -1.79. The maximum Gasteiger partial charge on any atom is 0.230 e. The Balaban J connectivity index is 2.02. The molecule has 1 aromatic heterocycles. The number of benzene rings is 1. The third-order valence-electron chi connectivity index (χ3n) is 1.95. The molecular formula is C10H8F2N2OS. The minimum atomic E-state index is -0.779. The quantitative estimate of drug-likeness (QED) is 0.853. The molecule has 0 saturated carbocycles. The Morgan fingerprint density at radius 1 is 1.44 bits per heavy atom. The van der Waals surface area contributed by atoms with Crippen LogP contribution in [-0.4, -0.2) is 10.3 Å². The number of nitrogens with one attached hydrogen (secondary N) is 2. The number of rotatable bonds is 3. The van der Waals surface area contributed by atoms with Crippen molar-refractivity contribution in [2.45, 2.75) is 6.42 Å². The van der Waals surface area contributed by atoms with E-state index in [1.54, 1.807) is 5.38 Å². The Kier molecular flexibility index (Phi) is 3.00. The van der Waals surface area contributed by atoms with Gasteiger partial charge in [-0.2, -0.15) is 0 Å². The van der Waals surface area contributed by atoms with Gasteiger partial charge in [-0.05, 0) is 12.1 Å². The van der Waals surface area contributed by atoms with Crippen LogP contribution in [0.25, 0.3) is 0 Å². The van der Waals surface area contributed by atoms with Crippen molar-refractivity contribution in [1.82, 2.24) is 4.37 Å². The molecular weight excluding hydrogens is 234 g/mol. The summed E-state index contributed by atoms with van der Waals surface area (Å²) in [5, 5.41) is 4.16. The topological polar surface area (TPSA) is 44.9 Å². The van der Waals surface area contributed by atoms with Crippen molar-refractivity contribution in [2.24, 2.45) is 0 Å². The summed E-state index contributed by atoms with van der Waals surface area (Å²) in [4.78, 5) is 11.4. The lowest BCUT2D eigenvalue weighted by atomic mass is 10.2. The van der Waals surface area contributed by atoms with E-state index < -0.39 is 11.6 Å². The van der Waals surface area contributed by atoms with E-state index in [0.717, 1.165) is 17.8 Å². The highest BCUT2D eigenvalue weighted by atomic mass is 32.1. The number of halogens is 2. The Bertz CT molecular complexity index is 497. The summed E-state index contributed by atoms with van der Waals surface area (Å²) in [6, 6.07) is 3.02. The van der Waals surface area contributed by atoms with Crippen LogP contribution >= 0.6 is 11.5 Å². The summed E-state index contributed by atoms with van der Waals surface area (Å²) in [6.45, 7) is 0. The number of aromatic nitrogens is 1. The molecule has 0 atom stereocenters. The number of aromatic amines is 1. The minimum absolute atomic E-state index is 0.0148. The van der Waals surface area contributed by atoms with Gasteiger partial charge in [0.25, 0.3) is 0 Å². The Hall–Kier alpha value is -1.69. The van der Waals surface area contributed by atoms with Crippen molar-refractivity contribution in [2.75, 3.05) is 5.32 Å². The molecule has 1 amide bonds. The van der Waals surface area contributed by atoms with Gasteiger partial charge in [0.2, 0.25) is 5.91 Å². The number of hydrogen-bond donors (Lipinski definition) is 2. The molecule has 0 spiro atoms. The third kappa shape index (κ3) is 2.46. The largest absolute Gasteiger partial charge is 0.323 e. The molecule has 0 aliphatic heterocycles. The van der Waals surface area contributed by atoms with Gasteiger partial charge in [0.05, 0.1) is 12.1 Å². The SMILES string of the molecule is O=C(Cc1cs[nH]1)Nc1ccc(F)cc1F. The molecule has 1 heterocycles. The molecule has 0 radical (unpaired) electrons. The average molecular weight is 242 g/mol. The average Bonchev–Trinajstić information content (AvgIpc) is 2.16. The summed E-state index contributed by atoms with van der Waals surface area (Å²) in [5.41, 5.74) is 0.768. The Morgan fingerprint density at radius 2 is 2.19 bits per heavy atom. The molecule has 0 bridgehead atoms.